The fourth-order valence-corrected chi connectivity index (χ4v) is 2.73. The Morgan fingerprint density at radius 2 is 2.17 bits per heavy atom. The highest BCUT2D eigenvalue weighted by Crippen LogP contribution is 2.35. The van der Waals surface area contributed by atoms with Crippen molar-refractivity contribution in [1.29, 1.82) is 0 Å². The maximum absolute atomic E-state index is 5.73. The molecule has 2 N–H and O–H groups in total. The third kappa shape index (κ3) is 3.48. The van der Waals surface area contributed by atoms with Gasteiger partial charge in [-0.1, -0.05) is 35.3 Å². The largest absolute Gasteiger partial charge is 0.368 e. The Labute approximate surface area is 119 Å². The van der Waals surface area contributed by atoms with E-state index in [0.717, 1.165) is 19.0 Å². The molecule has 1 saturated carbocycles. The summed E-state index contributed by atoms with van der Waals surface area (Å²) in [5, 5.41) is 0. The fraction of sp³-hybridized carbons (Fsp3) is 0.600. The second-order valence-corrected chi connectivity index (χ2v) is 6.01. The van der Waals surface area contributed by atoms with Crippen molar-refractivity contribution >= 4 is 21.6 Å². The van der Waals surface area contributed by atoms with Crippen LogP contribution in [0.2, 0.25) is 0 Å². The van der Waals surface area contributed by atoms with E-state index >= 15 is 0 Å². The molecule has 1 fully saturated rings. The zero-order chi connectivity index (χ0) is 13.0. The summed E-state index contributed by atoms with van der Waals surface area (Å²) in [6, 6.07) is 7.37. The van der Waals surface area contributed by atoms with Gasteiger partial charge in [-0.15, -0.1) is 0 Å². The minimum Gasteiger partial charge on any atom is -0.368 e. The minimum absolute atomic E-state index is 0.723. The molecule has 3 heteroatoms. The first-order valence-electron chi connectivity index (χ1n) is 7.01. The SMILES string of the molecule is CCCCN(c1cc(Br)ccc1CCN)C1CC1. The zero-order valence-corrected chi connectivity index (χ0v) is 12.7. The van der Waals surface area contributed by atoms with Gasteiger partial charge in [0.05, 0.1) is 0 Å². The molecule has 0 radical (unpaired) electrons. The molecule has 0 atom stereocenters. The van der Waals surface area contributed by atoms with Crippen molar-refractivity contribution in [3.63, 3.8) is 0 Å². The second kappa shape index (κ2) is 6.58. The first-order valence-corrected chi connectivity index (χ1v) is 7.80. The number of hydrogen-bond acceptors (Lipinski definition) is 2. The maximum atomic E-state index is 5.73. The summed E-state index contributed by atoms with van der Waals surface area (Å²) >= 11 is 3.60. The van der Waals surface area contributed by atoms with Gasteiger partial charge in [0.25, 0.3) is 0 Å². The van der Waals surface area contributed by atoms with Crippen LogP contribution < -0.4 is 10.6 Å². The van der Waals surface area contributed by atoms with Crippen molar-refractivity contribution in [2.24, 2.45) is 5.73 Å². The molecule has 1 aliphatic carbocycles. The average molecular weight is 311 g/mol. The van der Waals surface area contributed by atoms with Gasteiger partial charge in [-0.25, -0.2) is 0 Å². The number of hydrogen-bond donors (Lipinski definition) is 1. The first-order chi connectivity index (χ1) is 8.76. The molecule has 18 heavy (non-hydrogen) atoms. The Morgan fingerprint density at radius 3 is 2.78 bits per heavy atom. The summed E-state index contributed by atoms with van der Waals surface area (Å²) in [4.78, 5) is 2.60. The predicted molar refractivity (Wildman–Crippen MR) is 82.2 cm³/mol. The summed E-state index contributed by atoms with van der Waals surface area (Å²) in [6.07, 6.45) is 6.18. The Morgan fingerprint density at radius 1 is 1.39 bits per heavy atom. The van der Waals surface area contributed by atoms with Gasteiger partial charge in [-0.05, 0) is 49.9 Å². The molecule has 0 unspecified atom stereocenters. The van der Waals surface area contributed by atoms with Gasteiger partial charge in [-0.3, -0.25) is 0 Å². The Kier molecular flexibility index (Phi) is 5.07. The van der Waals surface area contributed by atoms with Gasteiger partial charge < -0.3 is 10.6 Å². The molecule has 0 saturated heterocycles. The van der Waals surface area contributed by atoms with Gasteiger partial charge in [-0.2, -0.15) is 0 Å². The Balaban J connectivity index is 2.23. The van der Waals surface area contributed by atoms with Gasteiger partial charge in [0, 0.05) is 22.7 Å². The zero-order valence-electron chi connectivity index (χ0n) is 11.2. The molecular formula is C15H23BrN2. The van der Waals surface area contributed by atoms with E-state index in [2.05, 4.69) is 46.0 Å². The van der Waals surface area contributed by atoms with Crippen LogP contribution in [0.15, 0.2) is 22.7 Å². The molecular weight excluding hydrogens is 288 g/mol. The van der Waals surface area contributed by atoms with E-state index in [9.17, 15) is 0 Å². The summed E-state index contributed by atoms with van der Waals surface area (Å²) in [5.41, 5.74) is 8.52. The lowest BCUT2D eigenvalue weighted by atomic mass is 10.1. The molecule has 0 heterocycles. The van der Waals surface area contributed by atoms with Crippen molar-refractivity contribution in [1.82, 2.24) is 0 Å². The first kappa shape index (κ1) is 13.9. The number of halogens is 1. The summed E-state index contributed by atoms with van der Waals surface area (Å²) < 4.78 is 1.17. The quantitative estimate of drug-likeness (QED) is 0.831. The van der Waals surface area contributed by atoms with Gasteiger partial charge in [0.1, 0.15) is 0 Å². The van der Waals surface area contributed by atoms with E-state index in [1.165, 1.54) is 48.0 Å². The van der Waals surface area contributed by atoms with Crippen molar-refractivity contribution in [2.75, 3.05) is 18.0 Å². The second-order valence-electron chi connectivity index (χ2n) is 5.09. The van der Waals surface area contributed by atoms with Crippen LogP contribution in [0.25, 0.3) is 0 Å². The lowest BCUT2D eigenvalue weighted by Gasteiger charge is -2.27. The molecule has 0 aromatic heterocycles. The van der Waals surface area contributed by atoms with Crippen LogP contribution in [0.4, 0.5) is 5.69 Å². The van der Waals surface area contributed by atoms with E-state index in [-0.39, 0.29) is 0 Å². The monoisotopic (exact) mass is 310 g/mol. The van der Waals surface area contributed by atoms with Crippen molar-refractivity contribution in [2.45, 2.75) is 45.1 Å². The third-order valence-electron chi connectivity index (χ3n) is 3.51. The Hall–Kier alpha value is -0.540. The lowest BCUT2D eigenvalue weighted by Crippen LogP contribution is -2.28. The highest BCUT2D eigenvalue weighted by molar-refractivity contribution is 9.10. The van der Waals surface area contributed by atoms with Crippen molar-refractivity contribution < 1.29 is 0 Å². The van der Waals surface area contributed by atoms with Crippen LogP contribution in [0.1, 0.15) is 38.2 Å². The molecule has 1 aromatic carbocycles. The lowest BCUT2D eigenvalue weighted by molar-refractivity contribution is 0.709. The summed E-state index contributed by atoms with van der Waals surface area (Å²) in [5.74, 6) is 0. The molecule has 100 valence electrons. The van der Waals surface area contributed by atoms with Crippen LogP contribution in [0.5, 0.6) is 0 Å². The van der Waals surface area contributed by atoms with E-state index in [1.54, 1.807) is 0 Å². The van der Waals surface area contributed by atoms with Crippen molar-refractivity contribution in [3.8, 4) is 0 Å². The van der Waals surface area contributed by atoms with Gasteiger partial charge in [0.15, 0.2) is 0 Å². The third-order valence-corrected chi connectivity index (χ3v) is 4.00. The predicted octanol–water partition coefficient (Wildman–Crippen LogP) is 3.72. The Bertz CT molecular complexity index is 388. The topological polar surface area (TPSA) is 29.3 Å². The number of nitrogens with two attached hydrogens (primary N) is 1. The van der Waals surface area contributed by atoms with Crippen LogP contribution in [-0.4, -0.2) is 19.1 Å². The molecule has 0 spiro atoms. The minimum atomic E-state index is 0.723. The number of anilines is 1. The molecule has 2 nitrogen and oxygen atoms in total. The molecule has 1 aromatic rings. The standard InChI is InChI=1S/C15H23BrN2/c1-2-3-10-18(14-6-7-14)15-11-13(16)5-4-12(15)8-9-17/h4-5,11,14H,2-3,6-10,17H2,1H3. The van der Waals surface area contributed by atoms with Crippen LogP contribution in [0, 0.1) is 0 Å². The fourth-order valence-electron chi connectivity index (χ4n) is 2.39. The van der Waals surface area contributed by atoms with Crippen molar-refractivity contribution in [3.05, 3.63) is 28.2 Å². The maximum Gasteiger partial charge on any atom is 0.0413 e. The van der Waals surface area contributed by atoms with Crippen LogP contribution in [0.3, 0.4) is 0 Å². The van der Waals surface area contributed by atoms with E-state index in [0.29, 0.717) is 0 Å². The number of nitrogens with zero attached hydrogens (tertiary/aromatic N) is 1. The highest BCUT2D eigenvalue weighted by Gasteiger charge is 2.29. The summed E-state index contributed by atoms with van der Waals surface area (Å²) in [7, 11) is 0. The molecule has 0 bridgehead atoms. The highest BCUT2D eigenvalue weighted by atomic mass is 79.9. The van der Waals surface area contributed by atoms with E-state index in [1.807, 2.05) is 0 Å². The average Bonchev–Trinajstić information content (AvgIpc) is 3.17. The van der Waals surface area contributed by atoms with E-state index in [4.69, 9.17) is 5.73 Å². The van der Waals surface area contributed by atoms with Crippen LogP contribution in [-0.2, 0) is 6.42 Å². The normalized spacial score (nSPS) is 14.8. The number of unbranched alkanes of at least 4 members (excludes halogenated alkanes) is 1. The smallest absolute Gasteiger partial charge is 0.0413 e. The molecule has 0 aliphatic heterocycles. The van der Waals surface area contributed by atoms with Gasteiger partial charge >= 0.3 is 0 Å². The number of rotatable bonds is 7. The summed E-state index contributed by atoms with van der Waals surface area (Å²) in [6.45, 7) is 4.16. The van der Waals surface area contributed by atoms with Crippen LogP contribution >= 0.6 is 15.9 Å². The number of benzene rings is 1. The van der Waals surface area contributed by atoms with E-state index < -0.39 is 0 Å². The van der Waals surface area contributed by atoms with Gasteiger partial charge in [0.2, 0.25) is 0 Å². The molecule has 2 rings (SSSR count). The molecule has 1 aliphatic rings. The molecule has 0 amide bonds.